The van der Waals surface area contributed by atoms with Gasteiger partial charge in [0.2, 0.25) is 17.6 Å². The number of hydrogen-bond donors (Lipinski definition) is 1. The normalized spacial score (nSPS) is 17.4. The van der Waals surface area contributed by atoms with Gasteiger partial charge in [0.05, 0.1) is 4.92 Å². The van der Waals surface area contributed by atoms with Crippen LogP contribution in [0.1, 0.15) is 19.8 Å². The predicted molar refractivity (Wildman–Crippen MR) is 98.2 cm³/mol. The topological polar surface area (TPSA) is 101 Å². The zero-order valence-electron chi connectivity index (χ0n) is 14.4. The number of rotatable bonds is 4. The van der Waals surface area contributed by atoms with E-state index in [0.717, 1.165) is 31.6 Å². The average Bonchev–Trinajstić information content (AvgIpc) is 2.60. The molecule has 8 nitrogen and oxygen atoms in total. The summed E-state index contributed by atoms with van der Waals surface area (Å²) in [5, 5.41) is 11.5. The van der Waals surface area contributed by atoms with Crippen molar-refractivity contribution in [1.82, 2.24) is 9.97 Å². The molecule has 1 saturated heterocycles. The van der Waals surface area contributed by atoms with E-state index in [0.29, 0.717) is 17.7 Å². The van der Waals surface area contributed by atoms with Crippen molar-refractivity contribution in [3.8, 4) is 0 Å². The third kappa shape index (κ3) is 3.47. The van der Waals surface area contributed by atoms with Gasteiger partial charge < -0.3 is 15.5 Å². The Morgan fingerprint density at radius 3 is 2.68 bits per heavy atom. The molecule has 1 aromatic heterocycles. The second-order valence-electron chi connectivity index (χ2n) is 6.43. The molecule has 2 N–H and O–H groups in total. The maximum absolute atomic E-state index is 11.5. The Kier molecular flexibility index (Phi) is 4.69. The lowest BCUT2D eigenvalue weighted by Gasteiger charge is -2.32. The fourth-order valence-electron chi connectivity index (χ4n) is 3.14. The van der Waals surface area contributed by atoms with E-state index < -0.39 is 4.92 Å². The predicted octanol–water partition coefficient (Wildman–Crippen LogP) is 2.97. The summed E-state index contributed by atoms with van der Waals surface area (Å²) < 4.78 is 0. The summed E-state index contributed by atoms with van der Waals surface area (Å²) >= 11 is 0. The second-order valence-corrected chi connectivity index (χ2v) is 6.43. The van der Waals surface area contributed by atoms with E-state index in [2.05, 4.69) is 16.9 Å². The largest absolute Gasteiger partial charge is 0.378 e. The second kappa shape index (κ2) is 6.92. The lowest BCUT2D eigenvalue weighted by Crippen LogP contribution is -2.35. The molecule has 25 heavy (non-hydrogen) atoms. The van der Waals surface area contributed by atoms with Crippen molar-refractivity contribution in [2.24, 2.45) is 5.92 Å². The number of nitrogens with zero attached hydrogens (tertiary/aromatic N) is 5. The molecule has 0 saturated carbocycles. The summed E-state index contributed by atoms with van der Waals surface area (Å²) in [5.41, 5.74) is 6.61. The first kappa shape index (κ1) is 16.9. The van der Waals surface area contributed by atoms with Crippen LogP contribution < -0.4 is 15.5 Å². The van der Waals surface area contributed by atoms with E-state index in [4.69, 9.17) is 5.73 Å². The quantitative estimate of drug-likeness (QED) is 0.673. The van der Waals surface area contributed by atoms with Crippen LogP contribution in [-0.4, -0.2) is 35.0 Å². The molecule has 3 rings (SSSR count). The first-order valence-corrected chi connectivity index (χ1v) is 8.33. The summed E-state index contributed by atoms with van der Waals surface area (Å²) in [6.07, 6.45) is 2.09. The van der Waals surface area contributed by atoms with E-state index in [-0.39, 0.29) is 11.5 Å². The van der Waals surface area contributed by atoms with Gasteiger partial charge in [-0.05, 0) is 30.9 Å². The number of aromatic nitrogens is 2. The third-order valence-electron chi connectivity index (χ3n) is 4.46. The van der Waals surface area contributed by atoms with Gasteiger partial charge in [-0.1, -0.05) is 25.1 Å². The van der Waals surface area contributed by atoms with Gasteiger partial charge in [0, 0.05) is 25.8 Å². The van der Waals surface area contributed by atoms with Crippen LogP contribution in [0.3, 0.4) is 0 Å². The Morgan fingerprint density at radius 1 is 1.32 bits per heavy atom. The third-order valence-corrected chi connectivity index (χ3v) is 4.46. The Labute approximate surface area is 146 Å². The molecule has 0 spiro atoms. The van der Waals surface area contributed by atoms with Gasteiger partial charge in [-0.15, -0.1) is 0 Å². The van der Waals surface area contributed by atoms with Crippen molar-refractivity contribution < 1.29 is 4.92 Å². The number of hydrogen-bond acceptors (Lipinski definition) is 7. The molecule has 1 aliphatic rings. The average molecular weight is 342 g/mol. The van der Waals surface area contributed by atoms with E-state index >= 15 is 0 Å². The monoisotopic (exact) mass is 342 g/mol. The van der Waals surface area contributed by atoms with Crippen LogP contribution in [0.5, 0.6) is 0 Å². The minimum Gasteiger partial charge on any atom is -0.378 e. The summed E-state index contributed by atoms with van der Waals surface area (Å²) in [7, 11) is 1.82. The van der Waals surface area contributed by atoms with E-state index in [9.17, 15) is 10.1 Å². The minimum absolute atomic E-state index is 0.106. The molecule has 1 atom stereocenters. The molecular formula is C17H22N6O2. The van der Waals surface area contributed by atoms with E-state index in [1.165, 1.54) is 0 Å². The first-order chi connectivity index (χ1) is 12.0. The lowest BCUT2D eigenvalue weighted by atomic mass is 10.0. The molecule has 1 aliphatic heterocycles. The van der Waals surface area contributed by atoms with Gasteiger partial charge in [-0.2, -0.15) is 9.97 Å². The Balaban J connectivity index is 2.05. The lowest BCUT2D eigenvalue weighted by molar-refractivity contribution is -0.383. The van der Waals surface area contributed by atoms with Gasteiger partial charge in [0.1, 0.15) is 0 Å². The van der Waals surface area contributed by atoms with Crippen LogP contribution in [0.4, 0.5) is 29.0 Å². The number of anilines is 4. The fourth-order valence-corrected chi connectivity index (χ4v) is 3.14. The van der Waals surface area contributed by atoms with Crippen LogP contribution in [-0.2, 0) is 0 Å². The number of nitrogens with two attached hydrogens (primary N) is 1. The number of piperidine rings is 1. The van der Waals surface area contributed by atoms with Gasteiger partial charge in [-0.3, -0.25) is 10.1 Å². The highest BCUT2D eigenvalue weighted by molar-refractivity contribution is 5.72. The molecule has 2 heterocycles. The van der Waals surface area contributed by atoms with Crippen LogP contribution >= 0.6 is 0 Å². The summed E-state index contributed by atoms with van der Waals surface area (Å²) in [6.45, 7) is 3.60. The van der Waals surface area contributed by atoms with Crippen molar-refractivity contribution in [3.05, 3.63) is 40.4 Å². The summed E-state index contributed by atoms with van der Waals surface area (Å²) in [6, 6.07) is 9.58. The molecule has 0 aliphatic carbocycles. The molecule has 132 valence electrons. The molecule has 0 radical (unpaired) electrons. The molecule has 0 unspecified atom stereocenters. The molecule has 1 fully saturated rings. The van der Waals surface area contributed by atoms with E-state index in [1.54, 1.807) is 4.90 Å². The Hall–Kier alpha value is -2.90. The summed E-state index contributed by atoms with van der Waals surface area (Å²) in [4.78, 5) is 23.4. The van der Waals surface area contributed by atoms with Gasteiger partial charge in [-0.25, -0.2) is 0 Å². The van der Waals surface area contributed by atoms with Gasteiger partial charge in [0.25, 0.3) is 0 Å². The van der Waals surface area contributed by atoms with Crippen LogP contribution in [0.2, 0.25) is 0 Å². The number of nitro groups is 1. The summed E-state index contributed by atoms with van der Waals surface area (Å²) in [5.74, 6) is 1.01. The highest BCUT2D eigenvalue weighted by Crippen LogP contribution is 2.35. The van der Waals surface area contributed by atoms with Crippen molar-refractivity contribution in [3.63, 3.8) is 0 Å². The highest BCUT2D eigenvalue weighted by Gasteiger charge is 2.30. The van der Waals surface area contributed by atoms with Crippen LogP contribution in [0, 0.1) is 16.0 Å². The van der Waals surface area contributed by atoms with E-state index in [1.807, 2.05) is 42.3 Å². The zero-order valence-corrected chi connectivity index (χ0v) is 14.4. The number of benzene rings is 1. The molecule has 8 heteroatoms. The number of nitrogen functional groups attached to an aromatic ring is 1. The standard InChI is InChI=1S/C17H22N6O2/c1-12-7-6-10-22(11-12)16-14(23(24)25)15(18)19-17(20-16)21(2)13-8-4-3-5-9-13/h3-5,8-9,12H,6-7,10-11H2,1-2H3,(H2,18,19,20)/t12-/m1/s1. The highest BCUT2D eigenvalue weighted by atomic mass is 16.6. The number of para-hydroxylation sites is 1. The smallest absolute Gasteiger partial charge is 0.353 e. The van der Waals surface area contributed by atoms with Crippen LogP contribution in [0.15, 0.2) is 30.3 Å². The van der Waals surface area contributed by atoms with Crippen LogP contribution in [0.25, 0.3) is 0 Å². The van der Waals surface area contributed by atoms with Gasteiger partial charge >= 0.3 is 5.69 Å². The molecular weight excluding hydrogens is 320 g/mol. The fraction of sp³-hybridized carbons (Fsp3) is 0.412. The zero-order chi connectivity index (χ0) is 18.0. The molecule has 0 amide bonds. The van der Waals surface area contributed by atoms with Crippen molar-refractivity contribution >= 4 is 29.0 Å². The Bertz CT molecular complexity index is 767. The van der Waals surface area contributed by atoms with Crippen molar-refractivity contribution in [1.29, 1.82) is 0 Å². The maximum Gasteiger partial charge on any atom is 0.353 e. The molecule has 1 aromatic carbocycles. The minimum atomic E-state index is -0.490. The SMILES string of the molecule is C[C@@H]1CCCN(c2nc(N(C)c3ccccc3)nc(N)c2[N+](=O)[O-])C1. The molecule has 2 aromatic rings. The first-order valence-electron chi connectivity index (χ1n) is 8.33. The maximum atomic E-state index is 11.5. The Morgan fingerprint density at radius 2 is 2.04 bits per heavy atom. The van der Waals surface area contributed by atoms with Gasteiger partial charge in [0.15, 0.2) is 0 Å². The molecule has 0 bridgehead atoms. The van der Waals surface area contributed by atoms with Crippen molar-refractivity contribution in [2.75, 3.05) is 35.7 Å². The van der Waals surface area contributed by atoms with Crippen molar-refractivity contribution in [2.45, 2.75) is 19.8 Å².